The summed E-state index contributed by atoms with van der Waals surface area (Å²) >= 11 is 0. The zero-order valence-electron chi connectivity index (χ0n) is 6.36. The maximum Gasteiger partial charge on any atom is 0.306 e. The summed E-state index contributed by atoms with van der Waals surface area (Å²) in [5, 5.41) is 17.8. The molecule has 4 nitrogen and oxygen atoms in total. The summed E-state index contributed by atoms with van der Waals surface area (Å²) in [5.41, 5.74) is 0. The van der Waals surface area contributed by atoms with Crippen molar-refractivity contribution in [2.24, 2.45) is 5.92 Å². The van der Waals surface area contributed by atoms with E-state index >= 15 is 0 Å². The molecule has 1 aliphatic carbocycles. The predicted molar refractivity (Wildman–Crippen MR) is 37.2 cm³/mol. The van der Waals surface area contributed by atoms with Gasteiger partial charge in [-0.15, -0.1) is 0 Å². The van der Waals surface area contributed by atoms with Gasteiger partial charge < -0.3 is 14.9 Å². The zero-order chi connectivity index (χ0) is 8.43. The van der Waals surface area contributed by atoms with Crippen LogP contribution in [0.2, 0.25) is 0 Å². The van der Waals surface area contributed by atoms with Crippen molar-refractivity contribution in [2.45, 2.75) is 25.0 Å². The van der Waals surface area contributed by atoms with Gasteiger partial charge in [0.25, 0.3) is 0 Å². The van der Waals surface area contributed by atoms with Crippen LogP contribution in [0.4, 0.5) is 0 Å². The number of ether oxygens (including phenoxy) is 1. The molecule has 1 fully saturated rings. The Morgan fingerprint density at radius 2 is 2.18 bits per heavy atom. The number of carboxylic acids is 1. The first kappa shape index (κ1) is 8.49. The first-order chi connectivity index (χ1) is 5.15. The van der Waals surface area contributed by atoms with Gasteiger partial charge in [0.05, 0.1) is 18.1 Å². The van der Waals surface area contributed by atoms with Gasteiger partial charge in [0.2, 0.25) is 0 Å². The molecule has 3 atom stereocenters. The van der Waals surface area contributed by atoms with Crippen LogP contribution in [0, 0.1) is 5.92 Å². The van der Waals surface area contributed by atoms with Gasteiger partial charge >= 0.3 is 5.97 Å². The van der Waals surface area contributed by atoms with Crippen LogP contribution in [0.5, 0.6) is 0 Å². The fourth-order valence-corrected chi connectivity index (χ4v) is 1.43. The number of carboxylic acid groups (broad SMARTS) is 1. The number of aliphatic hydroxyl groups is 1. The lowest BCUT2D eigenvalue weighted by atomic mass is 10.1. The summed E-state index contributed by atoms with van der Waals surface area (Å²) in [7, 11) is 1.48. The van der Waals surface area contributed by atoms with Crippen molar-refractivity contribution in [1.82, 2.24) is 0 Å². The number of hydrogen-bond acceptors (Lipinski definition) is 3. The van der Waals surface area contributed by atoms with Crippen LogP contribution in [-0.2, 0) is 9.53 Å². The van der Waals surface area contributed by atoms with Gasteiger partial charge in [-0.2, -0.15) is 0 Å². The summed E-state index contributed by atoms with van der Waals surface area (Å²) in [6, 6.07) is 0. The van der Waals surface area contributed by atoms with Crippen LogP contribution in [0.25, 0.3) is 0 Å². The molecule has 1 saturated carbocycles. The minimum absolute atomic E-state index is 0.295. The van der Waals surface area contributed by atoms with E-state index in [9.17, 15) is 9.90 Å². The first-order valence-corrected chi connectivity index (χ1v) is 3.58. The van der Waals surface area contributed by atoms with E-state index in [0.717, 1.165) is 0 Å². The number of rotatable bonds is 2. The number of hydrogen-bond donors (Lipinski definition) is 2. The quantitative estimate of drug-likeness (QED) is 0.590. The largest absolute Gasteiger partial charge is 0.481 e. The van der Waals surface area contributed by atoms with E-state index in [2.05, 4.69) is 0 Å². The minimum atomic E-state index is -0.844. The molecule has 0 aromatic rings. The Kier molecular flexibility index (Phi) is 2.46. The van der Waals surface area contributed by atoms with Gasteiger partial charge in [0.1, 0.15) is 0 Å². The SMILES string of the molecule is COC1CC(C(=O)O)CC1O. The van der Waals surface area contributed by atoms with Crippen LogP contribution in [0.15, 0.2) is 0 Å². The topological polar surface area (TPSA) is 66.8 Å². The van der Waals surface area contributed by atoms with E-state index in [1.807, 2.05) is 0 Å². The van der Waals surface area contributed by atoms with Gasteiger partial charge in [0.15, 0.2) is 0 Å². The monoisotopic (exact) mass is 160 g/mol. The van der Waals surface area contributed by atoms with Crippen LogP contribution in [0.3, 0.4) is 0 Å². The number of carbonyl (C=O) groups is 1. The van der Waals surface area contributed by atoms with Gasteiger partial charge in [-0.3, -0.25) is 4.79 Å². The van der Waals surface area contributed by atoms with Crippen molar-refractivity contribution in [2.75, 3.05) is 7.11 Å². The lowest BCUT2D eigenvalue weighted by molar-refractivity contribution is -0.141. The Morgan fingerprint density at radius 1 is 1.55 bits per heavy atom. The van der Waals surface area contributed by atoms with E-state index in [4.69, 9.17) is 9.84 Å². The standard InChI is InChI=1S/C7H12O4/c1-11-6-3-4(7(9)10)2-5(6)8/h4-6,8H,2-3H2,1H3,(H,9,10). The number of methoxy groups -OCH3 is 1. The summed E-state index contributed by atoms with van der Waals surface area (Å²) in [6.07, 6.45) is -0.168. The summed E-state index contributed by atoms with van der Waals surface area (Å²) in [4.78, 5) is 10.4. The fourth-order valence-electron chi connectivity index (χ4n) is 1.43. The molecule has 0 saturated heterocycles. The first-order valence-electron chi connectivity index (χ1n) is 3.58. The second kappa shape index (κ2) is 3.19. The molecule has 0 aromatic heterocycles. The Labute approximate surface area is 64.8 Å². The molecule has 11 heavy (non-hydrogen) atoms. The van der Waals surface area contributed by atoms with Crippen LogP contribution in [-0.4, -0.2) is 35.5 Å². The normalized spacial score (nSPS) is 37.5. The molecule has 0 heterocycles. The van der Waals surface area contributed by atoms with Crippen LogP contribution >= 0.6 is 0 Å². The van der Waals surface area contributed by atoms with Gasteiger partial charge in [-0.25, -0.2) is 0 Å². The zero-order valence-corrected chi connectivity index (χ0v) is 6.36. The van der Waals surface area contributed by atoms with Gasteiger partial charge in [-0.1, -0.05) is 0 Å². The van der Waals surface area contributed by atoms with Crippen molar-refractivity contribution in [3.8, 4) is 0 Å². The highest BCUT2D eigenvalue weighted by Crippen LogP contribution is 2.27. The molecule has 64 valence electrons. The van der Waals surface area contributed by atoms with E-state index in [0.29, 0.717) is 12.8 Å². The van der Waals surface area contributed by atoms with Crippen molar-refractivity contribution in [1.29, 1.82) is 0 Å². The molecular formula is C7H12O4. The third-order valence-corrected chi connectivity index (χ3v) is 2.12. The molecule has 1 rings (SSSR count). The molecule has 2 N–H and O–H groups in total. The van der Waals surface area contributed by atoms with Gasteiger partial charge in [-0.05, 0) is 12.8 Å². The van der Waals surface area contributed by atoms with Crippen molar-refractivity contribution < 1.29 is 19.7 Å². The molecule has 0 aromatic carbocycles. The average Bonchev–Trinajstić information content (AvgIpc) is 2.31. The predicted octanol–water partition coefficient (Wildman–Crippen LogP) is -0.143. The maximum absolute atomic E-state index is 10.4. The van der Waals surface area contributed by atoms with E-state index in [-0.39, 0.29) is 6.10 Å². The molecule has 0 amide bonds. The molecule has 0 bridgehead atoms. The van der Waals surface area contributed by atoms with E-state index in [1.54, 1.807) is 0 Å². The summed E-state index contributed by atoms with van der Waals surface area (Å²) < 4.78 is 4.89. The van der Waals surface area contributed by atoms with Gasteiger partial charge in [0, 0.05) is 7.11 Å². The molecule has 0 aliphatic heterocycles. The van der Waals surface area contributed by atoms with Crippen molar-refractivity contribution >= 4 is 5.97 Å². The second-order valence-corrected chi connectivity index (χ2v) is 2.85. The highest BCUT2D eigenvalue weighted by atomic mass is 16.5. The molecule has 3 unspecified atom stereocenters. The third-order valence-electron chi connectivity index (χ3n) is 2.12. The average molecular weight is 160 g/mol. The Bertz CT molecular complexity index is 157. The Morgan fingerprint density at radius 3 is 2.45 bits per heavy atom. The highest BCUT2D eigenvalue weighted by Gasteiger charge is 2.36. The Hall–Kier alpha value is -0.610. The smallest absolute Gasteiger partial charge is 0.306 e. The van der Waals surface area contributed by atoms with E-state index < -0.39 is 18.0 Å². The molecule has 4 heteroatoms. The number of aliphatic carboxylic acids is 1. The third kappa shape index (κ3) is 1.70. The maximum atomic E-state index is 10.4. The fraction of sp³-hybridized carbons (Fsp3) is 0.857. The second-order valence-electron chi connectivity index (χ2n) is 2.85. The van der Waals surface area contributed by atoms with Crippen molar-refractivity contribution in [3.63, 3.8) is 0 Å². The Balaban J connectivity index is 2.49. The molecular weight excluding hydrogens is 148 g/mol. The molecule has 1 aliphatic rings. The summed E-state index contributed by atoms with van der Waals surface area (Å²) in [6.45, 7) is 0. The molecule has 0 radical (unpaired) electrons. The molecule has 0 spiro atoms. The van der Waals surface area contributed by atoms with Crippen LogP contribution in [0.1, 0.15) is 12.8 Å². The lowest BCUT2D eigenvalue weighted by Crippen LogP contribution is -2.20. The number of aliphatic hydroxyl groups excluding tert-OH is 1. The minimum Gasteiger partial charge on any atom is -0.481 e. The van der Waals surface area contributed by atoms with E-state index in [1.165, 1.54) is 7.11 Å². The lowest BCUT2D eigenvalue weighted by Gasteiger charge is -2.10. The summed E-state index contributed by atoms with van der Waals surface area (Å²) in [5.74, 6) is -1.28. The highest BCUT2D eigenvalue weighted by molar-refractivity contribution is 5.70. The van der Waals surface area contributed by atoms with Crippen molar-refractivity contribution in [3.05, 3.63) is 0 Å². The van der Waals surface area contributed by atoms with Crippen LogP contribution < -0.4 is 0 Å².